The molecule has 1 heterocycles. The predicted octanol–water partition coefficient (Wildman–Crippen LogP) is 4.03. The van der Waals surface area contributed by atoms with Crippen LogP contribution >= 0.6 is 0 Å². The second-order valence-corrected chi connectivity index (χ2v) is 8.53. The number of benzene rings is 2. The van der Waals surface area contributed by atoms with Gasteiger partial charge in [-0.1, -0.05) is 48.5 Å². The molecule has 5 nitrogen and oxygen atoms in total. The highest BCUT2D eigenvalue weighted by molar-refractivity contribution is 6.02. The van der Waals surface area contributed by atoms with Crippen LogP contribution in [0.5, 0.6) is 0 Å². The van der Waals surface area contributed by atoms with Gasteiger partial charge in [-0.05, 0) is 57.7 Å². The fourth-order valence-electron chi connectivity index (χ4n) is 3.68. The molecule has 0 aromatic heterocycles. The van der Waals surface area contributed by atoms with Crippen LogP contribution < -0.4 is 10.2 Å². The Morgan fingerprint density at radius 1 is 1.14 bits per heavy atom. The molecule has 2 atom stereocenters. The van der Waals surface area contributed by atoms with Crippen molar-refractivity contribution in [3.63, 3.8) is 0 Å². The number of hydrogen-bond acceptors (Lipinski definition) is 4. The molecule has 5 heteroatoms. The molecule has 2 aromatic carbocycles. The number of hydrogen-bond donors (Lipinski definition) is 1. The molecule has 0 aliphatic carbocycles. The number of anilines is 1. The number of nitrogens with zero attached hydrogens (tertiary/aromatic N) is 1. The van der Waals surface area contributed by atoms with Gasteiger partial charge in [-0.2, -0.15) is 0 Å². The van der Waals surface area contributed by atoms with E-state index in [4.69, 9.17) is 4.74 Å². The van der Waals surface area contributed by atoms with E-state index in [-0.39, 0.29) is 24.5 Å². The van der Waals surface area contributed by atoms with Crippen molar-refractivity contribution in [1.29, 1.82) is 0 Å². The molecule has 0 spiro atoms. The van der Waals surface area contributed by atoms with E-state index in [2.05, 4.69) is 12.2 Å². The van der Waals surface area contributed by atoms with E-state index in [1.54, 1.807) is 4.90 Å². The highest BCUT2D eigenvalue weighted by atomic mass is 16.6. The van der Waals surface area contributed by atoms with Crippen LogP contribution in [0.15, 0.2) is 54.6 Å². The van der Waals surface area contributed by atoms with Gasteiger partial charge in [0.15, 0.2) is 0 Å². The van der Waals surface area contributed by atoms with Gasteiger partial charge >= 0.3 is 5.97 Å². The molecule has 2 aromatic rings. The van der Waals surface area contributed by atoms with Gasteiger partial charge in [0.25, 0.3) is 0 Å². The summed E-state index contributed by atoms with van der Waals surface area (Å²) in [6, 6.07) is 17.5. The molecule has 1 N–H and O–H groups in total. The minimum Gasteiger partial charge on any atom is -0.459 e. The number of fused-ring (bicyclic) bond motifs is 1. The molecular weight excluding hydrogens is 364 g/mol. The Balaban J connectivity index is 1.83. The van der Waals surface area contributed by atoms with Crippen LogP contribution in [0.25, 0.3) is 0 Å². The number of para-hydroxylation sites is 1. The summed E-state index contributed by atoms with van der Waals surface area (Å²) in [5, 5.41) is 3.47. The third-order valence-electron chi connectivity index (χ3n) is 5.01. The lowest BCUT2D eigenvalue weighted by atomic mass is 10.0. The number of carbonyl (C=O) groups is 2. The molecule has 3 rings (SSSR count). The van der Waals surface area contributed by atoms with Crippen molar-refractivity contribution in [2.45, 2.75) is 58.2 Å². The predicted molar refractivity (Wildman–Crippen MR) is 115 cm³/mol. The van der Waals surface area contributed by atoms with Crippen molar-refractivity contribution in [2.24, 2.45) is 0 Å². The second-order valence-electron chi connectivity index (χ2n) is 8.53. The Hall–Kier alpha value is -2.66. The Bertz CT molecular complexity index is 858. The molecular formula is C24H30N2O3. The highest BCUT2D eigenvalue weighted by Gasteiger charge is 2.33. The fourth-order valence-corrected chi connectivity index (χ4v) is 3.68. The normalized spacial score (nSPS) is 18.0. The maximum atomic E-state index is 13.4. The Kier molecular flexibility index (Phi) is 6.38. The maximum Gasteiger partial charge on any atom is 0.326 e. The molecule has 0 saturated heterocycles. The first-order chi connectivity index (χ1) is 13.7. The molecule has 0 saturated carbocycles. The van der Waals surface area contributed by atoms with E-state index >= 15 is 0 Å². The SMILES string of the molecule is C[C@H](N[C@H]1CCc2ccccc2N(CC(=O)OC(C)(C)C)C1=O)c1ccccc1. The van der Waals surface area contributed by atoms with Crippen LogP contribution in [-0.4, -0.2) is 30.1 Å². The van der Waals surface area contributed by atoms with E-state index in [9.17, 15) is 9.59 Å². The van der Waals surface area contributed by atoms with E-state index in [0.29, 0.717) is 6.42 Å². The maximum absolute atomic E-state index is 13.4. The summed E-state index contributed by atoms with van der Waals surface area (Å²) in [6.07, 6.45) is 1.45. The van der Waals surface area contributed by atoms with E-state index in [0.717, 1.165) is 23.2 Å². The van der Waals surface area contributed by atoms with Crippen LogP contribution in [0.3, 0.4) is 0 Å². The molecule has 1 aliphatic rings. The zero-order valence-electron chi connectivity index (χ0n) is 17.6. The van der Waals surface area contributed by atoms with Crippen LogP contribution in [0.1, 0.15) is 51.3 Å². The number of nitrogens with one attached hydrogen (secondary N) is 1. The minimum absolute atomic E-state index is 0.0229. The van der Waals surface area contributed by atoms with Gasteiger partial charge in [-0.15, -0.1) is 0 Å². The van der Waals surface area contributed by atoms with E-state index < -0.39 is 11.6 Å². The van der Waals surface area contributed by atoms with Gasteiger partial charge in [0, 0.05) is 11.7 Å². The smallest absolute Gasteiger partial charge is 0.326 e. The molecule has 154 valence electrons. The van der Waals surface area contributed by atoms with Crippen LogP contribution in [0.2, 0.25) is 0 Å². The van der Waals surface area contributed by atoms with Gasteiger partial charge in [-0.3, -0.25) is 19.8 Å². The standard InChI is InChI=1S/C24H30N2O3/c1-17(18-10-6-5-7-11-18)25-20-15-14-19-12-8-9-13-21(19)26(23(20)28)16-22(27)29-24(2,3)4/h5-13,17,20,25H,14-16H2,1-4H3/t17-,20-/m0/s1. The molecule has 1 aliphatic heterocycles. The lowest BCUT2D eigenvalue weighted by Crippen LogP contribution is -2.49. The summed E-state index contributed by atoms with van der Waals surface area (Å²) in [7, 11) is 0. The largest absolute Gasteiger partial charge is 0.459 e. The fraction of sp³-hybridized carbons (Fsp3) is 0.417. The first-order valence-electron chi connectivity index (χ1n) is 10.2. The van der Waals surface area contributed by atoms with E-state index in [1.165, 1.54) is 0 Å². The number of aryl methyl sites for hydroxylation is 1. The molecule has 0 unspecified atom stereocenters. The molecule has 0 radical (unpaired) electrons. The van der Waals surface area contributed by atoms with Gasteiger partial charge < -0.3 is 4.74 Å². The quantitative estimate of drug-likeness (QED) is 0.778. The average molecular weight is 395 g/mol. The molecule has 1 amide bonds. The number of esters is 1. The summed E-state index contributed by atoms with van der Waals surface area (Å²) in [6.45, 7) is 7.45. The first-order valence-corrected chi connectivity index (χ1v) is 10.2. The van der Waals surface area contributed by atoms with Crippen LogP contribution in [-0.2, 0) is 20.7 Å². The Labute approximate surface area is 173 Å². The first kappa shape index (κ1) is 21.1. The van der Waals surface area contributed by atoms with Crippen molar-refractivity contribution >= 4 is 17.6 Å². The topological polar surface area (TPSA) is 58.6 Å². The number of ether oxygens (including phenoxy) is 1. The van der Waals surface area contributed by atoms with Gasteiger partial charge in [-0.25, -0.2) is 0 Å². The Morgan fingerprint density at radius 3 is 2.48 bits per heavy atom. The Morgan fingerprint density at radius 2 is 1.79 bits per heavy atom. The third kappa shape index (κ3) is 5.45. The van der Waals surface area contributed by atoms with Gasteiger partial charge in [0.2, 0.25) is 5.91 Å². The highest BCUT2D eigenvalue weighted by Crippen LogP contribution is 2.28. The van der Waals surface area contributed by atoms with Crippen LogP contribution in [0, 0.1) is 0 Å². The second kappa shape index (κ2) is 8.78. The van der Waals surface area contributed by atoms with Crippen molar-refractivity contribution in [2.75, 3.05) is 11.4 Å². The summed E-state index contributed by atoms with van der Waals surface area (Å²) < 4.78 is 5.48. The number of rotatable bonds is 5. The van der Waals surface area contributed by atoms with Gasteiger partial charge in [0.1, 0.15) is 12.1 Å². The zero-order chi connectivity index (χ0) is 21.0. The monoisotopic (exact) mass is 394 g/mol. The van der Waals surface area contributed by atoms with Gasteiger partial charge in [0.05, 0.1) is 6.04 Å². The lowest BCUT2D eigenvalue weighted by molar-refractivity contribution is -0.153. The van der Waals surface area contributed by atoms with Crippen LogP contribution in [0.4, 0.5) is 5.69 Å². The summed E-state index contributed by atoms with van der Waals surface area (Å²) in [5.74, 6) is -0.499. The van der Waals surface area contributed by atoms with Crippen molar-refractivity contribution in [1.82, 2.24) is 5.32 Å². The van der Waals surface area contributed by atoms with Crippen molar-refractivity contribution in [3.05, 3.63) is 65.7 Å². The van der Waals surface area contributed by atoms with Crippen molar-refractivity contribution in [3.8, 4) is 0 Å². The molecule has 0 fully saturated rings. The summed E-state index contributed by atoms with van der Waals surface area (Å²) >= 11 is 0. The molecule has 29 heavy (non-hydrogen) atoms. The number of amides is 1. The zero-order valence-corrected chi connectivity index (χ0v) is 17.6. The third-order valence-corrected chi connectivity index (χ3v) is 5.01. The van der Waals surface area contributed by atoms with E-state index in [1.807, 2.05) is 75.4 Å². The van der Waals surface area contributed by atoms with Crippen molar-refractivity contribution < 1.29 is 14.3 Å². The number of carbonyl (C=O) groups excluding carboxylic acids is 2. The minimum atomic E-state index is -0.592. The summed E-state index contributed by atoms with van der Waals surface area (Å²) in [5.41, 5.74) is 2.40. The summed E-state index contributed by atoms with van der Waals surface area (Å²) in [4.78, 5) is 27.5. The molecule has 0 bridgehead atoms. The lowest BCUT2D eigenvalue weighted by Gasteiger charge is -2.28. The average Bonchev–Trinajstić information content (AvgIpc) is 2.79.